The molecule has 2 aromatic heterocycles. The van der Waals surface area contributed by atoms with Crippen LogP contribution in [0.4, 0.5) is 4.39 Å². The van der Waals surface area contributed by atoms with Crippen LogP contribution in [0.3, 0.4) is 0 Å². The lowest BCUT2D eigenvalue weighted by atomic mass is 10.1. The summed E-state index contributed by atoms with van der Waals surface area (Å²) < 4.78 is 16.7. The fourth-order valence-corrected chi connectivity index (χ4v) is 4.41. The lowest BCUT2D eigenvalue weighted by Crippen LogP contribution is -2.26. The SMILES string of the molecule is CCn1nc(C)c2nc(SCc3ccc(F)cc3)n(CCc3ccccc3)c(=O)c21. The number of rotatable bonds is 7. The van der Waals surface area contributed by atoms with Gasteiger partial charge in [-0.05, 0) is 43.5 Å². The van der Waals surface area contributed by atoms with Gasteiger partial charge in [0, 0.05) is 18.8 Å². The van der Waals surface area contributed by atoms with Gasteiger partial charge in [0.2, 0.25) is 0 Å². The maximum Gasteiger partial charge on any atom is 0.280 e. The Balaban J connectivity index is 1.72. The minimum atomic E-state index is -0.259. The Morgan fingerprint density at radius 3 is 2.47 bits per heavy atom. The van der Waals surface area contributed by atoms with Crippen molar-refractivity contribution in [2.75, 3.05) is 0 Å². The molecule has 0 aliphatic carbocycles. The Morgan fingerprint density at radius 2 is 1.77 bits per heavy atom. The summed E-state index contributed by atoms with van der Waals surface area (Å²) in [7, 11) is 0. The molecule has 0 amide bonds. The van der Waals surface area contributed by atoms with Crippen LogP contribution in [0.5, 0.6) is 0 Å². The minimum Gasteiger partial charge on any atom is -0.285 e. The Kier molecular flexibility index (Phi) is 5.99. The van der Waals surface area contributed by atoms with Crippen molar-refractivity contribution in [3.05, 3.63) is 87.6 Å². The predicted octanol–water partition coefficient (Wildman–Crippen LogP) is 4.60. The van der Waals surface area contributed by atoms with Crippen molar-refractivity contribution >= 4 is 22.8 Å². The Morgan fingerprint density at radius 1 is 1.03 bits per heavy atom. The van der Waals surface area contributed by atoms with Gasteiger partial charge in [-0.3, -0.25) is 14.0 Å². The van der Waals surface area contributed by atoms with E-state index >= 15 is 0 Å². The van der Waals surface area contributed by atoms with Gasteiger partial charge >= 0.3 is 0 Å². The number of aryl methyl sites for hydroxylation is 3. The smallest absolute Gasteiger partial charge is 0.280 e. The van der Waals surface area contributed by atoms with Gasteiger partial charge in [-0.25, -0.2) is 9.37 Å². The number of nitrogens with zero attached hydrogens (tertiary/aromatic N) is 4. The van der Waals surface area contributed by atoms with E-state index < -0.39 is 0 Å². The summed E-state index contributed by atoms with van der Waals surface area (Å²) in [5.74, 6) is 0.343. The van der Waals surface area contributed by atoms with Gasteiger partial charge < -0.3 is 0 Å². The van der Waals surface area contributed by atoms with Crippen LogP contribution >= 0.6 is 11.8 Å². The third kappa shape index (κ3) is 4.16. The molecule has 0 N–H and O–H groups in total. The van der Waals surface area contributed by atoms with Gasteiger partial charge in [0.1, 0.15) is 11.3 Å². The van der Waals surface area contributed by atoms with E-state index in [-0.39, 0.29) is 11.4 Å². The first-order chi connectivity index (χ1) is 14.6. The summed E-state index contributed by atoms with van der Waals surface area (Å²) in [5.41, 5.74) is 4.03. The standard InChI is InChI=1S/C23H23FN4OS/c1-3-28-21-20(16(2)26-28)25-23(30-15-18-9-11-19(24)12-10-18)27(22(21)29)14-13-17-7-5-4-6-8-17/h4-12H,3,13-15H2,1-2H3. The third-order valence-corrected chi connectivity index (χ3v) is 6.08. The molecule has 7 heteroatoms. The van der Waals surface area contributed by atoms with E-state index in [9.17, 15) is 9.18 Å². The molecule has 0 aliphatic heterocycles. The van der Waals surface area contributed by atoms with Crippen LogP contribution in [0.1, 0.15) is 23.7 Å². The molecular formula is C23H23FN4OS. The molecule has 2 aromatic carbocycles. The molecule has 4 aromatic rings. The molecular weight excluding hydrogens is 399 g/mol. The highest BCUT2D eigenvalue weighted by molar-refractivity contribution is 7.98. The molecule has 30 heavy (non-hydrogen) atoms. The van der Waals surface area contributed by atoms with E-state index in [1.54, 1.807) is 21.4 Å². The highest BCUT2D eigenvalue weighted by atomic mass is 32.2. The van der Waals surface area contributed by atoms with E-state index in [2.05, 4.69) is 17.2 Å². The number of thioether (sulfide) groups is 1. The second-order valence-electron chi connectivity index (χ2n) is 7.10. The van der Waals surface area contributed by atoms with Crippen molar-refractivity contribution in [3.8, 4) is 0 Å². The quantitative estimate of drug-likeness (QED) is 0.323. The normalized spacial score (nSPS) is 11.3. The lowest BCUT2D eigenvalue weighted by molar-refractivity contribution is 0.587. The zero-order valence-electron chi connectivity index (χ0n) is 17.0. The summed E-state index contributed by atoms with van der Waals surface area (Å²) in [6.07, 6.45) is 0.733. The molecule has 0 bridgehead atoms. The molecule has 2 heterocycles. The first kappa shape index (κ1) is 20.3. The van der Waals surface area contributed by atoms with Gasteiger partial charge in [-0.15, -0.1) is 0 Å². The van der Waals surface area contributed by atoms with Gasteiger partial charge in [0.25, 0.3) is 5.56 Å². The van der Waals surface area contributed by atoms with E-state index in [1.165, 1.54) is 29.5 Å². The van der Waals surface area contributed by atoms with Crippen molar-refractivity contribution in [1.29, 1.82) is 0 Å². The number of aromatic nitrogens is 4. The zero-order chi connectivity index (χ0) is 21.1. The predicted molar refractivity (Wildman–Crippen MR) is 118 cm³/mol. The molecule has 0 saturated heterocycles. The van der Waals surface area contributed by atoms with Crippen LogP contribution in [0.2, 0.25) is 0 Å². The van der Waals surface area contributed by atoms with Crippen molar-refractivity contribution in [2.45, 2.75) is 44.3 Å². The van der Waals surface area contributed by atoms with Crippen molar-refractivity contribution < 1.29 is 4.39 Å². The molecule has 0 atom stereocenters. The van der Waals surface area contributed by atoms with Gasteiger partial charge in [0.05, 0.1) is 5.69 Å². The maximum absolute atomic E-state index is 13.4. The molecule has 0 aliphatic rings. The van der Waals surface area contributed by atoms with Crippen molar-refractivity contribution in [2.24, 2.45) is 0 Å². The summed E-state index contributed by atoms with van der Waals surface area (Å²) in [4.78, 5) is 18.2. The first-order valence-electron chi connectivity index (χ1n) is 9.96. The highest BCUT2D eigenvalue weighted by Gasteiger charge is 2.18. The third-order valence-electron chi connectivity index (χ3n) is 5.03. The fourth-order valence-electron chi connectivity index (χ4n) is 3.44. The molecule has 4 rings (SSSR count). The number of hydrogen-bond acceptors (Lipinski definition) is 4. The Bertz CT molecular complexity index is 1220. The molecule has 0 unspecified atom stereocenters. The van der Waals surface area contributed by atoms with Crippen molar-refractivity contribution in [1.82, 2.24) is 19.3 Å². The van der Waals surface area contributed by atoms with Crippen LogP contribution in [0.25, 0.3) is 11.0 Å². The maximum atomic E-state index is 13.4. The molecule has 5 nitrogen and oxygen atoms in total. The first-order valence-corrected chi connectivity index (χ1v) is 10.9. The Labute approximate surface area is 178 Å². The lowest BCUT2D eigenvalue weighted by Gasteiger charge is -2.13. The fraction of sp³-hybridized carbons (Fsp3) is 0.261. The molecule has 0 saturated carbocycles. The summed E-state index contributed by atoms with van der Waals surface area (Å²) in [6, 6.07) is 16.5. The highest BCUT2D eigenvalue weighted by Crippen LogP contribution is 2.24. The van der Waals surface area contributed by atoms with Crippen LogP contribution in [-0.4, -0.2) is 19.3 Å². The number of halogens is 1. The minimum absolute atomic E-state index is 0.0695. The summed E-state index contributed by atoms with van der Waals surface area (Å²) >= 11 is 1.49. The van der Waals surface area contributed by atoms with E-state index in [0.29, 0.717) is 35.0 Å². The van der Waals surface area contributed by atoms with Crippen LogP contribution in [0.15, 0.2) is 64.5 Å². The zero-order valence-corrected chi connectivity index (χ0v) is 17.8. The molecule has 0 radical (unpaired) electrons. The van der Waals surface area contributed by atoms with Gasteiger partial charge in [0.15, 0.2) is 10.7 Å². The summed E-state index contributed by atoms with van der Waals surface area (Å²) in [5, 5.41) is 5.15. The second-order valence-corrected chi connectivity index (χ2v) is 8.04. The molecule has 0 spiro atoms. The van der Waals surface area contributed by atoms with E-state index in [0.717, 1.165) is 17.7 Å². The van der Waals surface area contributed by atoms with Crippen LogP contribution in [-0.2, 0) is 25.3 Å². The average molecular weight is 423 g/mol. The average Bonchev–Trinajstić information content (AvgIpc) is 3.09. The van der Waals surface area contributed by atoms with Gasteiger partial charge in [-0.1, -0.05) is 54.2 Å². The number of fused-ring (bicyclic) bond motifs is 1. The van der Waals surface area contributed by atoms with E-state index in [1.807, 2.05) is 32.0 Å². The van der Waals surface area contributed by atoms with Crippen molar-refractivity contribution in [3.63, 3.8) is 0 Å². The van der Waals surface area contributed by atoms with Gasteiger partial charge in [-0.2, -0.15) is 5.10 Å². The monoisotopic (exact) mass is 422 g/mol. The topological polar surface area (TPSA) is 52.7 Å². The number of benzene rings is 2. The van der Waals surface area contributed by atoms with Crippen LogP contribution < -0.4 is 5.56 Å². The second kappa shape index (κ2) is 8.83. The van der Waals surface area contributed by atoms with E-state index in [4.69, 9.17) is 4.98 Å². The molecule has 0 fully saturated rings. The molecule has 154 valence electrons. The Hall–Kier alpha value is -2.93. The van der Waals surface area contributed by atoms with Crippen LogP contribution in [0, 0.1) is 12.7 Å². The summed E-state index contributed by atoms with van der Waals surface area (Å²) in [6.45, 7) is 4.99. The largest absolute Gasteiger partial charge is 0.285 e. The number of hydrogen-bond donors (Lipinski definition) is 0.